The van der Waals surface area contributed by atoms with Gasteiger partial charge >= 0.3 is 0 Å². The van der Waals surface area contributed by atoms with Crippen LogP contribution in [-0.2, 0) is 13.0 Å². The van der Waals surface area contributed by atoms with E-state index in [9.17, 15) is 0 Å². The first-order valence-electron chi connectivity index (χ1n) is 13.3. The molecule has 0 aliphatic carbocycles. The summed E-state index contributed by atoms with van der Waals surface area (Å²) < 4.78 is 47.5. The number of ether oxygens (including phenoxy) is 2. The Hall–Kier alpha value is -4.50. The third-order valence-corrected chi connectivity index (χ3v) is 6.68. The number of hydrogen-bond donors (Lipinski definition) is 0. The van der Waals surface area contributed by atoms with E-state index in [1.165, 1.54) is 27.9 Å². The van der Waals surface area contributed by atoms with E-state index in [-0.39, 0.29) is 6.79 Å². The Kier molecular flexibility index (Phi) is 9.28. The summed E-state index contributed by atoms with van der Waals surface area (Å²) >= 11 is 0. The van der Waals surface area contributed by atoms with Gasteiger partial charge in [0, 0.05) is 30.2 Å². The van der Waals surface area contributed by atoms with Gasteiger partial charge in [-0.1, -0.05) is 84.9 Å². The average molecular weight is 582 g/mol. The summed E-state index contributed by atoms with van der Waals surface area (Å²) in [5.74, 6) is 1.59. The minimum atomic E-state index is -4.94. The molecule has 2 heterocycles. The molecule has 1 aliphatic heterocycles. The fourth-order valence-corrected chi connectivity index (χ4v) is 4.76. The summed E-state index contributed by atoms with van der Waals surface area (Å²) in [7, 11) is -4.94. The van der Waals surface area contributed by atoms with Crippen LogP contribution in [-0.4, -0.2) is 6.79 Å². The average Bonchev–Trinajstić information content (AvgIpc) is 3.47. The topological polar surface area (TPSA) is 115 Å². The van der Waals surface area contributed by atoms with Crippen molar-refractivity contribution in [2.45, 2.75) is 13.0 Å². The maximum Gasteiger partial charge on any atom is 0.231 e. The molecule has 0 saturated heterocycles. The number of pyridine rings is 1. The molecule has 1 aliphatic rings. The number of hydrogen-bond acceptors (Lipinski definition) is 6. The van der Waals surface area contributed by atoms with Gasteiger partial charge in [-0.2, -0.15) is 4.57 Å². The van der Waals surface area contributed by atoms with E-state index in [4.69, 9.17) is 28.1 Å². The van der Waals surface area contributed by atoms with Crippen molar-refractivity contribution in [3.05, 3.63) is 138 Å². The third-order valence-electron chi connectivity index (χ3n) is 6.68. The van der Waals surface area contributed by atoms with Crippen LogP contribution in [0, 0.1) is 10.2 Å². The van der Waals surface area contributed by atoms with Crippen molar-refractivity contribution in [2.24, 2.45) is 0 Å². The van der Waals surface area contributed by atoms with Crippen LogP contribution in [0.3, 0.4) is 0 Å². The quantitative estimate of drug-likeness (QED) is 0.273. The zero-order valence-electron chi connectivity index (χ0n) is 22.6. The highest BCUT2D eigenvalue weighted by Gasteiger charge is 2.20. The Morgan fingerprint density at radius 3 is 1.88 bits per heavy atom. The number of rotatable bonds is 7. The summed E-state index contributed by atoms with van der Waals surface area (Å²) in [6, 6.07) is 42.6. The molecule has 212 valence electrons. The Labute approximate surface area is 246 Å². The maximum atomic E-state index is 8.49. The molecular formula is C34H28ClNO6. The van der Waals surface area contributed by atoms with Crippen LogP contribution in [0.5, 0.6) is 11.5 Å². The molecule has 0 amide bonds. The fraction of sp³-hybridized carbons (Fsp3) is 0.0882. The van der Waals surface area contributed by atoms with Gasteiger partial charge in [-0.05, 0) is 52.6 Å². The van der Waals surface area contributed by atoms with Crippen LogP contribution in [0.4, 0.5) is 0 Å². The van der Waals surface area contributed by atoms with Crippen LogP contribution in [0.2, 0.25) is 0 Å². The molecule has 42 heavy (non-hydrogen) atoms. The van der Waals surface area contributed by atoms with E-state index in [1.54, 1.807) is 0 Å². The molecule has 0 spiro atoms. The predicted octanol–water partition coefficient (Wildman–Crippen LogP) is 2.69. The molecule has 0 fully saturated rings. The molecule has 0 atom stereocenters. The molecule has 0 radical (unpaired) electrons. The van der Waals surface area contributed by atoms with Gasteiger partial charge < -0.3 is 9.47 Å². The second-order valence-corrected chi connectivity index (χ2v) is 10.3. The van der Waals surface area contributed by atoms with Gasteiger partial charge in [0.25, 0.3) is 0 Å². The monoisotopic (exact) mass is 581 g/mol. The number of halogens is 1. The van der Waals surface area contributed by atoms with Gasteiger partial charge in [-0.25, -0.2) is 18.6 Å². The Morgan fingerprint density at radius 2 is 1.21 bits per heavy atom. The highest BCUT2D eigenvalue weighted by molar-refractivity contribution is 5.74. The van der Waals surface area contributed by atoms with Gasteiger partial charge in [0.05, 0.1) is 0 Å². The van der Waals surface area contributed by atoms with E-state index < -0.39 is 10.2 Å². The first-order chi connectivity index (χ1) is 20.3. The lowest BCUT2D eigenvalue weighted by molar-refractivity contribution is -2.00. The smallest absolute Gasteiger partial charge is 0.231 e. The molecule has 0 N–H and O–H groups in total. The van der Waals surface area contributed by atoms with E-state index >= 15 is 0 Å². The Morgan fingerprint density at radius 1 is 0.619 bits per heavy atom. The van der Waals surface area contributed by atoms with E-state index in [0.29, 0.717) is 0 Å². The van der Waals surface area contributed by atoms with Gasteiger partial charge in [-0.15, -0.1) is 10.2 Å². The van der Waals surface area contributed by atoms with Crippen molar-refractivity contribution in [3.63, 3.8) is 0 Å². The van der Waals surface area contributed by atoms with E-state index in [0.717, 1.165) is 35.7 Å². The molecule has 8 heteroatoms. The van der Waals surface area contributed by atoms with Gasteiger partial charge in [-0.3, -0.25) is 0 Å². The molecule has 0 saturated carbocycles. The van der Waals surface area contributed by atoms with Crippen molar-refractivity contribution in [3.8, 4) is 33.9 Å². The molecule has 0 unspecified atom stereocenters. The summed E-state index contributed by atoms with van der Waals surface area (Å²) in [6.07, 6.45) is 5.31. The SMILES string of the molecule is C(=C\c1cc(-c2ccccc2)cc(-c2ccccc2)[n+]1CCc1ccccc1)/c1ccc2c(c1)OCO2.[O-][Cl+3]([O-])([O-])[O-]. The predicted molar refractivity (Wildman–Crippen MR) is 149 cm³/mol. The standard InChI is InChI=1S/C34H28NO2.ClHO4/c1-4-10-26(11-5-1)20-21-35-31(18-16-27-17-19-33-34(22-27)37-25-36-33)23-30(28-12-6-2-7-13-28)24-32(35)29-14-8-3-9-15-29;2-1(3,4)5/h1-19,22-24H,20-21,25H2;(H,2,3,4,5)/q+1;/p-1/b18-16+;. The molecule has 4 aromatic carbocycles. The van der Waals surface area contributed by atoms with Gasteiger partial charge in [0.1, 0.15) is 0 Å². The summed E-state index contributed by atoms with van der Waals surface area (Å²) in [5, 5.41) is 0. The van der Waals surface area contributed by atoms with Crippen molar-refractivity contribution >= 4 is 12.2 Å². The zero-order chi connectivity index (χ0) is 29.4. The molecule has 1 aromatic heterocycles. The summed E-state index contributed by atoms with van der Waals surface area (Å²) in [5.41, 5.74) is 8.34. The second kappa shape index (κ2) is 13.4. The highest BCUT2D eigenvalue weighted by Crippen LogP contribution is 2.33. The molecule has 7 nitrogen and oxygen atoms in total. The number of aromatic nitrogens is 1. The van der Waals surface area contributed by atoms with Crippen LogP contribution in [0.25, 0.3) is 34.5 Å². The first-order valence-corrected chi connectivity index (χ1v) is 14.5. The summed E-state index contributed by atoms with van der Waals surface area (Å²) in [6.45, 7) is 1.14. The lowest BCUT2D eigenvalue weighted by atomic mass is 10.0. The Bertz CT molecular complexity index is 1630. The number of fused-ring (bicyclic) bond motifs is 1. The maximum absolute atomic E-state index is 8.49. The van der Waals surface area contributed by atoms with Crippen molar-refractivity contribution < 1.29 is 42.9 Å². The van der Waals surface area contributed by atoms with Crippen LogP contribution in [0.15, 0.2) is 121 Å². The second-order valence-electron chi connectivity index (χ2n) is 9.50. The highest BCUT2D eigenvalue weighted by atomic mass is 35.7. The number of nitrogens with zero attached hydrogens (tertiary/aromatic N) is 1. The van der Waals surface area contributed by atoms with E-state index in [2.05, 4.69) is 126 Å². The minimum Gasteiger partial charge on any atom is -0.454 e. The van der Waals surface area contributed by atoms with Crippen LogP contribution >= 0.6 is 0 Å². The zero-order valence-corrected chi connectivity index (χ0v) is 23.4. The normalized spacial score (nSPS) is 12.2. The molecule has 5 aromatic rings. The lowest BCUT2D eigenvalue weighted by Crippen LogP contribution is -2.68. The summed E-state index contributed by atoms with van der Waals surface area (Å²) in [4.78, 5) is 0. The largest absolute Gasteiger partial charge is 0.454 e. The Balaban J connectivity index is 0.000000652. The van der Waals surface area contributed by atoms with Gasteiger partial charge in [0.2, 0.25) is 18.2 Å². The lowest BCUT2D eigenvalue weighted by Gasteiger charge is -2.17. The van der Waals surface area contributed by atoms with Crippen LogP contribution < -0.4 is 32.7 Å². The fourth-order valence-electron chi connectivity index (χ4n) is 4.76. The molecule has 6 rings (SSSR count). The number of aryl methyl sites for hydroxylation is 1. The minimum absolute atomic E-state index is 0.279. The van der Waals surface area contributed by atoms with Crippen LogP contribution in [0.1, 0.15) is 16.8 Å². The third kappa shape index (κ3) is 8.04. The molecular weight excluding hydrogens is 554 g/mol. The number of benzene rings is 4. The van der Waals surface area contributed by atoms with Crippen molar-refractivity contribution in [2.75, 3.05) is 6.79 Å². The van der Waals surface area contributed by atoms with Crippen molar-refractivity contribution in [1.82, 2.24) is 0 Å². The van der Waals surface area contributed by atoms with Crippen molar-refractivity contribution in [1.29, 1.82) is 0 Å². The molecule has 0 bridgehead atoms. The first kappa shape index (κ1) is 29.0. The van der Waals surface area contributed by atoms with E-state index in [1.807, 2.05) is 12.1 Å². The van der Waals surface area contributed by atoms with Gasteiger partial charge in [0.15, 0.2) is 18.0 Å².